The molecule has 2 saturated carbocycles. The number of hydrogen-bond donors (Lipinski definition) is 3. The summed E-state index contributed by atoms with van der Waals surface area (Å²) >= 11 is 0. The first-order valence-corrected chi connectivity index (χ1v) is 7.21. The summed E-state index contributed by atoms with van der Waals surface area (Å²) in [7, 11) is 0. The number of aromatic nitrogens is 2. The van der Waals surface area contributed by atoms with E-state index in [0.29, 0.717) is 17.8 Å². The lowest BCUT2D eigenvalue weighted by atomic mass is 10.2. The Bertz CT molecular complexity index is 665. The first-order valence-electron chi connectivity index (χ1n) is 7.21. The molecule has 0 aromatic carbocycles. The van der Waals surface area contributed by atoms with Crippen molar-refractivity contribution >= 4 is 22.8 Å². The normalized spacial score (nSPS) is 31.1. The molecule has 2 aromatic rings. The molecule has 2 amide bonds. The van der Waals surface area contributed by atoms with E-state index in [-0.39, 0.29) is 6.03 Å². The van der Waals surface area contributed by atoms with Gasteiger partial charge in [0, 0.05) is 17.6 Å². The highest BCUT2D eigenvalue weighted by Gasteiger charge is 2.52. The van der Waals surface area contributed by atoms with Crippen molar-refractivity contribution in [3.63, 3.8) is 0 Å². The van der Waals surface area contributed by atoms with E-state index in [0.717, 1.165) is 29.2 Å². The van der Waals surface area contributed by atoms with Gasteiger partial charge >= 0.3 is 6.03 Å². The van der Waals surface area contributed by atoms with Crippen molar-refractivity contribution in [2.45, 2.75) is 25.8 Å². The van der Waals surface area contributed by atoms with E-state index in [1.165, 1.54) is 6.42 Å². The third-order valence-electron chi connectivity index (χ3n) is 4.56. The molecule has 2 aromatic heterocycles. The number of amides is 2. The number of hydrogen-bond acceptors (Lipinski definition) is 2. The van der Waals surface area contributed by atoms with Crippen molar-refractivity contribution in [3.05, 3.63) is 24.5 Å². The van der Waals surface area contributed by atoms with Gasteiger partial charge in [0.15, 0.2) is 0 Å². The lowest BCUT2D eigenvalue weighted by molar-refractivity contribution is 0.251. The summed E-state index contributed by atoms with van der Waals surface area (Å²) in [6, 6.07) is 4.05. The van der Waals surface area contributed by atoms with Crippen LogP contribution in [0.15, 0.2) is 24.5 Å². The van der Waals surface area contributed by atoms with Gasteiger partial charge in [-0.2, -0.15) is 0 Å². The third kappa shape index (κ3) is 2.13. The average Bonchev–Trinajstić information content (AvgIpc) is 3.27. The van der Waals surface area contributed by atoms with Crippen molar-refractivity contribution in [1.29, 1.82) is 0 Å². The van der Waals surface area contributed by atoms with Gasteiger partial charge in [0.25, 0.3) is 0 Å². The second-order valence-electron chi connectivity index (χ2n) is 6.12. The Labute approximate surface area is 117 Å². The molecule has 2 aliphatic carbocycles. The zero-order valence-electron chi connectivity index (χ0n) is 11.4. The average molecular weight is 270 g/mol. The highest BCUT2D eigenvalue weighted by atomic mass is 16.2. The van der Waals surface area contributed by atoms with Gasteiger partial charge in [-0.05, 0) is 42.7 Å². The van der Waals surface area contributed by atoms with Crippen LogP contribution >= 0.6 is 0 Å². The Morgan fingerprint density at radius 1 is 1.40 bits per heavy atom. The lowest BCUT2D eigenvalue weighted by Gasteiger charge is -2.06. The largest absolute Gasteiger partial charge is 0.360 e. The standard InChI is InChI=1S/C15H18N4O/c1-8-4-10(8)11-6-12(11)18-15(20)19-14-5-9-2-3-16-13(9)7-17-14/h2-3,5,7-8,10-12,16H,4,6H2,1H3,(H2,17,18,19,20)/t8-,10-,11+,12-/m1/s1. The van der Waals surface area contributed by atoms with Crippen LogP contribution in [-0.4, -0.2) is 22.0 Å². The van der Waals surface area contributed by atoms with E-state index >= 15 is 0 Å². The lowest BCUT2D eigenvalue weighted by Crippen LogP contribution is -2.32. The first kappa shape index (κ1) is 11.8. The van der Waals surface area contributed by atoms with E-state index in [9.17, 15) is 4.79 Å². The number of H-pyrrole nitrogens is 1. The fourth-order valence-corrected chi connectivity index (χ4v) is 3.14. The minimum absolute atomic E-state index is 0.145. The highest BCUT2D eigenvalue weighted by Crippen LogP contribution is 2.54. The van der Waals surface area contributed by atoms with Gasteiger partial charge < -0.3 is 10.3 Å². The van der Waals surface area contributed by atoms with E-state index in [1.54, 1.807) is 6.20 Å². The van der Waals surface area contributed by atoms with Crippen LogP contribution < -0.4 is 10.6 Å². The highest BCUT2D eigenvalue weighted by molar-refractivity contribution is 5.91. The molecule has 0 bridgehead atoms. The molecule has 0 saturated heterocycles. The van der Waals surface area contributed by atoms with Crippen molar-refractivity contribution in [3.8, 4) is 0 Å². The molecule has 0 unspecified atom stereocenters. The number of rotatable bonds is 3. The van der Waals surface area contributed by atoms with Crippen molar-refractivity contribution < 1.29 is 4.79 Å². The van der Waals surface area contributed by atoms with E-state index in [1.807, 2.05) is 18.3 Å². The first-order chi connectivity index (χ1) is 9.70. The van der Waals surface area contributed by atoms with E-state index in [2.05, 4.69) is 27.5 Å². The van der Waals surface area contributed by atoms with Crippen molar-refractivity contribution in [1.82, 2.24) is 15.3 Å². The van der Waals surface area contributed by atoms with Gasteiger partial charge in [-0.3, -0.25) is 5.32 Å². The van der Waals surface area contributed by atoms with Crippen molar-refractivity contribution in [2.24, 2.45) is 17.8 Å². The summed E-state index contributed by atoms with van der Waals surface area (Å²) in [4.78, 5) is 19.2. The Balaban J connectivity index is 1.35. The number of nitrogens with one attached hydrogen (secondary N) is 3. The minimum atomic E-state index is -0.145. The molecular weight excluding hydrogens is 252 g/mol. The van der Waals surface area contributed by atoms with E-state index < -0.39 is 0 Å². The number of pyridine rings is 1. The van der Waals surface area contributed by atoms with E-state index in [4.69, 9.17) is 0 Å². The van der Waals surface area contributed by atoms with Crippen LogP contribution in [0.4, 0.5) is 10.6 Å². The Kier molecular flexibility index (Phi) is 2.49. The van der Waals surface area contributed by atoms with Gasteiger partial charge in [0.05, 0.1) is 11.7 Å². The Morgan fingerprint density at radius 3 is 3.05 bits per heavy atom. The van der Waals surface area contributed by atoms with Crippen LogP contribution in [0.25, 0.3) is 10.9 Å². The fourth-order valence-electron chi connectivity index (χ4n) is 3.14. The number of carbonyl (C=O) groups excluding carboxylic acids is 1. The summed E-state index contributed by atoms with van der Waals surface area (Å²) in [6.45, 7) is 2.29. The van der Waals surface area contributed by atoms with Gasteiger partial charge in [-0.25, -0.2) is 9.78 Å². The smallest absolute Gasteiger partial charge is 0.320 e. The molecule has 0 radical (unpaired) electrons. The summed E-state index contributed by atoms with van der Waals surface area (Å²) in [5.41, 5.74) is 0.973. The van der Waals surface area contributed by atoms with Gasteiger partial charge in [0.1, 0.15) is 5.82 Å². The number of aromatic amines is 1. The van der Waals surface area contributed by atoms with Gasteiger partial charge in [-0.1, -0.05) is 6.92 Å². The molecule has 2 heterocycles. The second-order valence-corrected chi connectivity index (χ2v) is 6.12. The monoisotopic (exact) mass is 270 g/mol. The van der Waals surface area contributed by atoms with Crippen LogP contribution in [0.5, 0.6) is 0 Å². The van der Waals surface area contributed by atoms with Gasteiger partial charge in [-0.15, -0.1) is 0 Å². The molecule has 4 atom stereocenters. The molecule has 2 fully saturated rings. The summed E-state index contributed by atoms with van der Waals surface area (Å²) in [5, 5.41) is 6.90. The SMILES string of the molecule is C[C@@H]1C[C@H]1[C@@H]1C[C@H]1NC(=O)Nc1cc2cc[nH]c2cn1. The second kappa shape index (κ2) is 4.23. The van der Waals surface area contributed by atoms with Crippen molar-refractivity contribution in [2.75, 3.05) is 5.32 Å². The molecule has 3 N–H and O–H groups in total. The maximum Gasteiger partial charge on any atom is 0.320 e. The fraction of sp³-hybridized carbons (Fsp3) is 0.467. The molecule has 0 spiro atoms. The van der Waals surface area contributed by atoms with Crippen LogP contribution in [0.2, 0.25) is 0 Å². The zero-order chi connectivity index (χ0) is 13.7. The van der Waals surface area contributed by atoms with Crippen LogP contribution in [0.3, 0.4) is 0 Å². The maximum absolute atomic E-state index is 11.9. The molecule has 5 heteroatoms. The molecule has 20 heavy (non-hydrogen) atoms. The number of carbonyl (C=O) groups is 1. The van der Waals surface area contributed by atoms with Crippen LogP contribution in [-0.2, 0) is 0 Å². The molecular formula is C15H18N4O. The topological polar surface area (TPSA) is 69.8 Å². The molecule has 0 aliphatic heterocycles. The predicted octanol–water partition coefficient (Wildman–Crippen LogP) is 2.73. The summed E-state index contributed by atoms with van der Waals surface area (Å²) in [6.07, 6.45) is 6.06. The number of nitrogens with zero attached hydrogens (tertiary/aromatic N) is 1. The quantitative estimate of drug-likeness (QED) is 0.802. The Hall–Kier alpha value is -2.04. The maximum atomic E-state index is 11.9. The molecule has 5 nitrogen and oxygen atoms in total. The third-order valence-corrected chi connectivity index (χ3v) is 4.56. The molecule has 4 rings (SSSR count). The number of anilines is 1. The molecule has 2 aliphatic rings. The minimum Gasteiger partial charge on any atom is -0.360 e. The van der Waals surface area contributed by atoms with Crippen LogP contribution in [0, 0.1) is 17.8 Å². The number of urea groups is 1. The molecule has 104 valence electrons. The van der Waals surface area contributed by atoms with Gasteiger partial charge in [0.2, 0.25) is 0 Å². The zero-order valence-corrected chi connectivity index (χ0v) is 11.4. The number of fused-ring (bicyclic) bond motifs is 1. The summed E-state index contributed by atoms with van der Waals surface area (Å²) in [5.74, 6) is 2.99. The predicted molar refractivity (Wildman–Crippen MR) is 77.4 cm³/mol. The Morgan fingerprint density at radius 2 is 2.25 bits per heavy atom. The van der Waals surface area contributed by atoms with Crippen LogP contribution in [0.1, 0.15) is 19.8 Å². The summed E-state index contributed by atoms with van der Waals surface area (Å²) < 4.78 is 0.